The van der Waals surface area contributed by atoms with Crippen molar-refractivity contribution in [3.8, 4) is 0 Å². The van der Waals surface area contributed by atoms with Crippen molar-refractivity contribution in [1.82, 2.24) is 0 Å². The molecule has 1 saturated heterocycles. The molecule has 2 aromatic rings. The first-order chi connectivity index (χ1) is 12.7. The minimum Gasteiger partial charge on any atom is -0.378 e. The van der Waals surface area contributed by atoms with E-state index in [9.17, 15) is 30.4 Å². The Morgan fingerprint density at radius 2 is 1.30 bits per heavy atom. The monoisotopic (exact) mass is 408 g/mol. The lowest BCUT2D eigenvalue weighted by Gasteiger charge is -2.28. The van der Waals surface area contributed by atoms with Crippen LogP contribution in [-0.4, -0.2) is 34.7 Å². The predicted octanol–water partition coefficient (Wildman–Crippen LogP) is 3.02. The third-order valence-corrected chi connectivity index (χ3v) is 5.33. The number of hydrogen-bond acceptors (Lipinski definition) is 4. The highest BCUT2D eigenvalue weighted by molar-refractivity contribution is 7.92. The van der Waals surface area contributed by atoms with E-state index in [0.29, 0.717) is 26.3 Å². The van der Waals surface area contributed by atoms with Gasteiger partial charge >= 0.3 is 0 Å². The average Bonchev–Trinajstić information content (AvgIpc) is 2.65. The zero-order chi connectivity index (χ0) is 19.8. The molecule has 1 fully saturated rings. The lowest BCUT2D eigenvalue weighted by Crippen LogP contribution is -2.36. The molecule has 1 heterocycles. The number of sulfonamides is 1. The Bertz CT molecular complexity index is 932. The predicted molar refractivity (Wildman–Crippen MR) is 86.5 cm³/mol. The maximum Gasteiger partial charge on any atom is 0.267 e. The van der Waals surface area contributed by atoms with Crippen LogP contribution in [0.25, 0.3) is 0 Å². The van der Waals surface area contributed by atoms with Gasteiger partial charge in [-0.3, -0.25) is 4.72 Å². The molecular formula is C16H13F5N2O3S. The second-order valence-corrected chi connectivity index (χ2v) is 7.27. The molecule has 0 saturated carbocycles. The fraction of sp³-hybridized carbons (Fsp3) is 0.250. The Kier molecular flexibility index (Phi) is 5.24. The number of benzene rings is 2. The maximum atomic E-state index is 13.7. The van der Waals surface area contributed by atoms with E-state index in [1.165, 1.54) is 12.1 Å². The summed E-state index contributed by atoms with van der Waals surface area (Å²) in [5, 5.41) is 0. The molecule has 0 atom stereocenters. The van der Waals surface area contributed by atoms with Gasteiger partial charge in [-0.1, -0.05) is 0 Å². The summed E-state index contributed by atoms with van der Waals surface area (Å²) < 4.78 is 98.5. The van der Waals surface area contributed by atoms with Gasteiger partial charge in [-0.2, -0.15) is 0 Å². The van der Waals surface area contributed by atoms with Gasteiger partial charge in [0.05, 0.1) is 13.2 Å². The molecule has 0 spiro atoms. The summed E-state index contributed by atoms with van der Waals surface area (Å²) in [7, 11) is -5.05. The van der Waals surface area contributed by atoms with Crippen LogP contribution in [0.4, 0.5) is 33.3 Å². The lowest BCUT2D eigenvalue weighted by atomic mass is 10.2. The van der Waals surface area contributed by atoms with Crippen LogP contribution in [0.2, 0.25) is 0 Å². The number of nitrogens with zero attached hydrogens (tertiary/aromatic N) is 1. The number of nitrogens with one attached hydrogen (secondary N) is 1. The second-order valence-electron chi connectivity index (χ2n) is 5.65. The number of ether oxygens (including phenoxy) is 1. The van der Waals surface area contributed by atoms with Crippen LogP contribution in [0.5, 0.6) is 0 Å². The number of hydrogen-bond donors (Lipinski definition) is 1. The summed E-state index contributed by atoms with van der Waals surface area (Å²) >= 11 is 0. The quantitative estimate of drug-likeness (QED) is 0.480. The summed E-state index contributed by atoms with van der Waals surface area (Å²) in [4.78, 5) is 0.0439. The second kappa shape index (κ2) is 7.31. The first kappa shape index (κ1) is 19.4. The Hall–Kier alpha value is -2.40. The largest absolute Gasteiger partial charge is 0.378 e. The van der Waals surface area contributed by atoms with Gasteiger partial charge in [0.25, 0.3) is 10.0 Å². The molecule has 0 unspecified atom stereocenters. The van der Waals surface area contributed by atoms with Gasteiger partial charge in [0.2, 0.25) is 5.82 Å². The van der Waals surface area contributed by atoms with Crippen molar-refractivity contribution in [2.24, 2.45) is 0 Å². The molecule has 1 aliphatic rings. The van der Waals surface area contributed by atoms with Gasteiger partial charge in [-0.15, -0.1) is 0 Å². The third kappa shape index (κ3) is 3.69. The fourth-order valence-electron chi connectivity index (χ4n) is 2.59. The molecular weight excluding hydrogens is 395 g/mol. The van der Waals surface area contributed by atoms with E-state index >= 15 is 0 Å². The number of anilines is 2. The van der Waals surface area contributed by atoms with Crippen LogP contribution in [0, 0.1) is 29.1 Å². The fourth-order valence-corrected chi connectivity index (χ4v) is 3.79. The van der Waals surface area contributed by atoms with Gasteiger partial charge in [0, 0.05) is 24.5 Å². The van der Waals surface area contributed by atoms with E-state index < -0.39 is 44.0 Å². The standard InChI is InChI=1S/C16H13F5N2O3S/c17-11-12(18)14(20)16(15(21)13(11)19)27(24,25)22-9-1-3-10(4-2-9)23-5-7-26-8-6-23/h1-4,22H,5-8H2. The van der Waals surface area contributed by atoms with Crippen molar-refractivity contribution in [3.63, 3.8) is 0 Å². The van der Waals surface area contributed by atoms with Crippen LogP contribution >= 0.6 is 0 Å². The molecule has 0 radical (unpaired) electrons. The Morgan fingerprint density at radius 1 is 0.815 bits per heavy atom. The topological polar surface area (TPSA) is 58.6 Å². The van der Waals surface area contributed by atoms with Gasteiger partial charge in [-0.25, -0.2) is 30.4 Å². The summed E-state index contributed by atoms with van der Waals surface area (Å²) in [6.45, 7) is 2.34. The van der Waals surface area contributed by atoms with Gasteiger partial charge in [0.1, 0.15) is 0 Å². The first-order valence-electron chi connectivity index (χ1n) is 7.69. The normalized spacial score (nSPS) is 15.1. The van der Waals surface area contributed by atoms with E-state index in [2.05, 4.69) is 0 Å². The number of halogens is 5. The molecule has 146 valence electrons. The van der Waals surface area contributed by atoms with E-state index in [4.69, 9.17) is 4.74 Å². The Balaban J connectivity index is 1.89. The summed E-state index contributed by atoms with van der Waals surface area (Å²) in [6, 6.07) is 5.74. The molecule has 0 bridgehead atoms. The van der Waals surface area contributed by atoms with Crippen molar-refractivity contribution in [2.75, 3.05) is 35.9 Å². The van der Waals surface area contributed by atoms with Crippen LogP contribution in [0.15, 0.2) is 29.2 Å². The minimum atomic E-state index is -5.05. The van der Waals surface area contributed by atoms with Gasteiger partial charge in [-0.05, 0) is 24.3 Å². The van der Waals surface area contributed by atoms with E-state index in [-0.39, 0.29) is 5.69 Å². The highest BCUT2D eigenvalue weighted by atomic mass is 32.2. The lowest BCUT2D eigenvalue weighted by molar-refractivity contribution is 0.122. The number of rotatable bonds is 4. The molecule has 0 amide bonds. The van der Waals surface area contributed by atoms with E-state index in [0.717, 1.165) is 5.69 Å². The maximum absolute atomic E-state index is 13.7. The average molecular weight is 408 g/mol. The highest BCUT2D eigenvalue weighted by Crippen LogP contribution is 2.28. The first-order valence-corrected chi connectivity index (χ1v) is 9.17. The summed E-state index contributed by atoms with van der Waals surface area (Å²) in [5.74, 6) is -12.0. The minimum absolute atomic E-state index is 0.101. The molecule has 27 heavy (non-hydrogen) atoms. The van der Waals surface area contributed by atoms with Crippen molar-refractivity contribution in [1.29, 1.82) is 0 Å². The van der Waals surface area contributed by atoms with Gasteiger partial charge in [0.15, 0.2) is 28.2 Å². The molecule has 11 heteroatoms. The summed E-state index contributed by atoms with van der Waals surface area (Å²) in [5.41, 5.74) is 0.661. The third-order valence-electron chi connectivity index (χ3n) is 3.93. The Labute approximate surface area is 151 Å². The van der Waals surface area contributed by atoms with Crippen molar-refractivity contribution < 1.29 is 35.1 Å². The molecule has 3 rings (SSSR count). The smallest absolute Gasteiger partial charge is 0.267 e. The zero-order valence-corrected chi connectivity index (χ0v) is 14.4. The van der Waals surface area contributed by atoms with Crippen molar-refractivity contribution in [3.05, 3.63) is 53.4 Å². The zero-order valence-electron chi connectivity index (χ0n) is 13.6. The van der Waals surface area contributed by atoms with E-state index in [1.807, 2.05) is 9.62 Å². The number of morpholine rings is 1. The molecule has 0 aromatic heterocycles. The van der Waals surface area contributed by atoms with E-state index in [1.54, 1.807) is 12.1 Å². The van der Waals surface area contributed by atoms with Crippen molar-refractivity contribution in [2.45, 2.75) is 4.90 Å². The highest BCUT2D eigenvalue weighted by Gasteiger charge is 2.33. The Morgan fingerprint density at radius 3 is 1.81 bits per heavy atom. The summed E-state index contributed by atoms with van der Waals surface area (Å²) in [6.07, 6.45) is 0. The van der Waals surface area contributed by atoms with Crippen LogP contribution in [0.3, 0.4) is 0 Å². The van der Waals surface area contributed by atoms with Crippen LogP contribution in [-0.2, 0) is 14.8 Å². The molecule has 0 aliphatic carbocycles. The molecule has 2 aromatic carbocycles. The van der Waals surface area contributed by atoms with Crippen LogP contribution < -0.4 is 9.62 Å². The van der Waals surface area contributed by atoms with Crippen molar-refractivity contribution >= 4 is 21.4 Å². The SMILES string of the molecule is O=S(=O)(Nc1ccc(N2CCOCC2)cc1)c1c(F)c(F)c(F)c(F)c1F. The molecule has 1 aliphatic heterocycles. The van der Waals surface area contributed by atoms with Gasteiger partial charge < -0.3 is 9.64 Å². The molecule has 5 nitrogen and oxygen atoms in total. The van der Waals surface area contributed by atoms with Crippen LogP contribution in [0.1, 0.15) is 0 Å². The molecule has 1 N–H and O–H groups in total.